The molecule has 13 nitrogen and oxygen atoms in total. The lowest BCUT2D eigenvalue weighted by Gasteiger charge is -2.39. The maximum Gasteiger partial charge on any atom is 0.338 e. The molecule has 222 valence electrons. The van der Waals surface area contributed by atoms with Gasteiger partial charge in [-0.1, -0.05) is 18.2 Å². The van der Waals surface area contributed by atoms with Gasteiger partial charge in [0.1, 0.15) is 48.3 Å². The second-order valence-corrected chi connectivity index (χ2v) is 9.24. The number of aromatic hydroxyl groups is 4. The first-order chi connectivity index (χ1) is 20.0. The number of esters is 1. The minimum absolute atomic E-state index is 0.0382. The van der Waals surface area contributed by atoms with E-state index in [0.29, 0.717) is 5.75 Å². The van der Waals surface area contributed by atoms with Crippen molar-refractivity contribution in [2.75, 3.05) is 13.7 Å². The van der Waals surface area contributed by atoms with E-state index < -0.39 is 72.1 Å². The molecule has 42 heavy (non-hydrogen) atoms. The number of phenols is 4. The van der Waals surface area contributed by atoms with Crippen molar-refractivity contribution >= 4 is 17.8 Å². The van der Waals surface area contributed by atoms with Gasteiger partial charge in [0.15, 0.2) is 23.0 Å². The average Bonchev–Trinajstić information content (AvgIpc) is 2.98. The lowest BCUT2D eigenvalue weighted by molar-refractivity contribution is -0.277. The van der Waals surface area contributed by atoms with E-state index in [9.17, 15) is 45.3 Å². The lowest BCUT2D eigenvalue weighted by atomic mass is 9.99. The number of ether oxygens (including phenoxy) is 4. The van der Waals surface area contributed by atoms with Crippen LogP contribution in [0.2, 0.25) is 0 Å². The summed E-state index contributed by atoms with van der Waals surface area (Å²) in [6.07, 6.45) is -5.40. The highest BCUT2D eigenvalue weighted by molar-refractivity contribution is 6.08. The molecule has 7 N–H and O–H groups in total. The molecule has 1 saturated heterocycles. The number of methoxy groups -OCH3 is 1. The van der Waals surface area contributed by atoms with Gasteiger partial charge in [-0.05, 0) is 48.0 Å². The summed E-state index contributed by atoms with van der Waals surface area (Å²) in [4.78, 5) is 24.9. The fourth-order valence-electron chi connectivity index (χ4n) is 4.02. The summed E-state index contributed by atoms with van der Waals surface area (Å²) < 4.78 is 21.2. The van der Waals surface area contributed by atoms with E-state index in [1.54, 1.807) is 30.3 Å². The average molecular weight is 585 g/mol. The standard InChI is InChI=1S/C29H28O13/c1-39-16-5-2-14(3-6-16)4-9-19(30)18-8-7-17(12-20(18)31)41-29-27(37)26(36)25(35)23(42-29)13-40-28(38)15-10-21(32)24(34)22(33)11-15/h2-12,23,25-27,29,31-37H,13H2,1H3/b9-4+/t23-,25-,26+,27-,29-/m1/s1. The van der Waals surface area contributed by atoms with Gasteiger partial charge in [0.25, 0.3) is 0 Å². The molecule has 5 atom stereocenters. The third-order valence-electron chi connectivity index (χ3n) is 6.38. The molecule has 4 rings (SSSR count). The van der Waals surface area contributed by atoms with E-state index >= 15 is 0 Å². The monoisotopic (exact) mass is 584 g/mol. The minimum Gasteiger partial charge on any atom is -0.507 e. The van der Waals surface area contributed by atoms with Crippen LogP contribution in [0.3, 0.4) is 0 Å². The lowest BCUT2D eigenvalue weighted by Crippen LogP contribution is -2.60. The van der Waals surface area contributed by atoms with Crippen molar-refractivity contribution in [3.05, 3.63) is 77.4 Å². The van der Waals surface area contributed by atoms with Crippen molar-refractivity contribution < 1.29 is 64.3 Å². The predicted molar refractivity (Wildman–Crippen MR) is 143 cm³/mol. The number of hydrogen-bond acceptors (Lipinski definition) is 13. The van der Waals surface area contributed by atoms with Crippen LogP contribution in [-0.4, -0.2) is 91.9 Å². The van der Waals surface area contributed by atoms with E-state index in [1.165, 1.54) is 25.3 Å². The number of carbonyl (C=O) groups excluding carboxylic acids is 2. The molecule has 1 fully saturated rings. The van der Waals surface area contributed by atoms with Crippen molar-refractivity contribution in [3.8, 4) is 34.5 Å². The van der Waals surface area contributed by atoms with Crippen LogP contribution in [0.1, 0.15) is 26.3 Å². The van der Waals surface area contributed by atoms with Gasteiger partial charge in [-0.15, -0.1) is 0 Å². The van der Waals surface area contributed by atoms with Gasteiger partial charge in [0.05, 0.1) is 18.2 Å². The van der Waals surface area contributed by atoms with Crippen molar-refractivity contribution in [2.24, 2.45) is 0 Å². The Kier molecular flexibility index (Phi) is 9.18. The molecule has 0 unspecified atom stereocenters. The number of rotatable bonds is 9. The molecule has 0 amide bonds. The SMILES string of the molecule is COc1ccc(/C=C/C(=O)c2ccc(O[C@@H]3O[C@H](COC(=O)c4cc(O)c(O)c(O)c4)[C@@H](O)[C@H](O)[C@H]3O)cc2O)cc1. The number of carbonyl (C=O) groups is 2. The van der Waals surface area contributed by atoms with Gasteiger partial charge in [0, 0.05) is 6.07 Å². The quantitative estimate of drug-likeness (QED) is 0.0822. The molecule has 0 bridgehead atoms. The van der Waals surface area contributed by atoms with E-state index in [1.807, 2.05) is 0 Å². The van der Waals surface area contributed by atoms with Crippen LogP contribution in [-0.2, 0) is 9.47 Å². The second kappa shape index (κ2) is 12.8. The largest absolute Gasteiger partial charge is 0.507 e. The van der Waals surface area contributed by atoms with Crippen LogP contribution in [0.5, 0.6) is 34.5 Å². The Morgan fingerprint density at radius 3 is 2.10 bits per heavy atom. The van der Waals surface area contributed by atoms with Crippen LogP contribution in [0.4, 0.5) is 0 Å². The van der Waals surface area contributed by atoms with Gasteiger partial charge >= 0.3 is 5.97 Å². The molecule has 1 aliphatic rings. The second-order valence-electron chi connectivity index (χ2n) is 9.24. The van der Waals surface area contributed by atoms with Crippen LogP contribution in [0, 0.1) is 0 Å². The molecule has 0 saturated carbocycles. The summed E-state index contributed by atoms with van der Waals surface area (Å²) in [6.45, 7) is -0.648. The Labute approximate surface area is 238 Å². The van der Waals surface area contributed by atoms with E-state index in [4.69, 9.17) is 18.9 Å². The molecule has 3 aromatic carbocycles. The highest BCUT2D eigenvalue weighted by atomic mass is 16.7. The van der Waals surface area contributed by atoms with Crippen molar-refractivity contribution in [2.45, 2.75) is 30.7 Å². The number of aliphatic hydroxyl groups is 3. The van der Waals surface area contributed by atoms with Crippen LogP contribution < -0.4 is 9.47 Å². The highest BCUT2D eigenvalue weighted by Gasteiger charge is 2.45. The molecule has 13 heteroatoms. The molecular weight excluding hydrogens is 556 g/mol. The Balaban J connectivity index is 1.40. The zero-order valence-corrected chi connectivity index (χ0v) is 22.0. The Morgan fingerprint density at radius 2 is 1.48 bits per heavy atom. The zero-order chi connectivity index (χ0) is 30.6. The van der Waals surface area contributed by atoms with Gasteiger partial charge in [0.2, 0.25) is 6.29 Å². The molecule has 0 aliphatic carbocycles. The summed E-state index contributed by atoms with van der Waals surface area (Å²) in [5.74, 6) is -3.78. The Bertz CT molecular complexity index is 1440. The molecule has 3 aromatic rings. The van der Waals surface area contributed by atoms with E-state index in [-0.39, 0.29) is 16.9 Å². The highest BCUT2D eigenvalue weighted by Crippen LogP contribution is 2.35. The summed E-state index contributed by atoms with van der Waals surface area (Å²) in [6, 6.07) is 12.3. The summed E-state index contributed by atoms with van der Waals surface area (Å²) in [5, 5.41) is 70.0. The summed E-state index contributed by atoms with van der Waals surface area (Å²) >= 11 is 0. The number of aliphatic hydroxyl groups excluding tert-OH is 3. The first-order valence-corrected chi connectivity index (χ1v) is 12.5. The maximum atomic E-state index is 12.6. The fourth-order valence-corrected chi connectivity index (χ4v) is 4.02. The van der Waals surface area contributed by atoms with Gasteiger partial charge in [-0.3, -0.25) is 4.79 Å². The first-order valence-electron chi connectivity index (χ1n) is 12.5. The first kappa shape index (κ1) is 30.1. The normalized spacial score (nSPS) is 22.0. The molecular formula is C29H28O13. The Morgan fingerprint density at radius 1 is 0.833 bits per heavy atom. The van der Waals surface area contributed by atoms with E-state index in [0.717, 1.165) is 23.8 Å². The van der Waals surface area contributed by atoms with Crippen LogP contribution >= 0.6 is 0 Å². The van der Waals surface area contributed by atoms with Crippen molar-refractivity contribution in [3.63, 3.8) is 0 Å². The van der Waals surface area contributed by atoms with Crippen LogP contribution in [0.15, 0.2) is 60.7 Å². The summed E-state index contributed by atoms with van der Waals surface area (Å²) in [5.41, 5.74) is 0.363. The molecule has 1 heterocycles. The van der Waals surface area contributed by atoms with Gasteiger partial charge in [-0.25, -0.2) is 4.79 Å². The number of allylic oxidation sites excluding steroid dienone is 1. The van der Waals surface area contributed by atoms with Gasteiger partial charge < -0.3 is 54.7 Å². The predicted octanol–water partition coefficient (Wildman–Crippen LogP) is 1.46. The maximum absolute atomic E-state index is 12.6. The zero-order valence-electron chi connectivity index (χ0n) is 22.0. The third kappa shape index (κ3) is 6.72. The number of phenolic OH excluding ortho intramolecular Hbond substituents is 4. The van der Waals surface area contributed by atoms with Crippen molar-refractivity contribution in [1.82, 2.24) is 0 Å². The third-order valence-corrected chi connectivity index (χ3v) is 6.38. The summed E-state index contributed by atoms with van der Waals surface area (Å²) in [7, 11) is 1.54. The fraction of sp³-hybridized carbons (Fsp3) is 0.241. The van der Waals surface area contributed by atoms with Crippen LogP contribution in [0.25, 0.3) is 6.08 Å². The number of benzene rings is 3. The Hall–Kier alpha value is -4.82. The minimum atomic E-state index is -1.79. The molecule has 0 radical (unpaired) electrons. The molecule has 0 aromatic heterocycles. The van der Waals surface area contributed by atoms with Gasteiger partial charge in [-0.2, -0.15) is 0 Å². The smallest absolute Gasteiger partial charge is 0.338 e. The number of ketones is 1. The van der Waals surface area contributed by atoms with Crippen molar-refractivity contribution in [1.29, 1.82) is 0 Å². The molecule has 1 aliphatic heterocycles. The topological polar surface area (TPSA) is 213 Å². The van der Waals surface area contributed by atoms with E-state index in [2.05, 4.69) is 0 Å². The molecule has 0 spiro atoms. The number of hydrogen-bond donors (Lipinski definition) is 7.